The number of carbonyl (C=O) groups is 1. The number of hydrogen-bond acceptors (Lipinski definition) is 5. The van der Waals surface area contributed by atoms with Crippen LogP contribution in [0.4, 0.5) is 15.0 Å². The van der Waals surface area contributed by atoms with Crippen LogP contribution in [0.1, 0.15) is 6.42 Å². The first-order valence-electron chi connectivity index (χ1n) is 8.22. The van der Waals surface area contributed by atoms with Crippen LogP contribution in [0.3, 0.4) is 0 Å². The maximum atomic E-state index is 13.0. The number of alkyl halides is 1. The Bertz CT molecular complexity index is 946. The Hall–Kier alpha value is -3.23. The smallest absolute Gasteiger partial charge is 0.407 e. The van der Waals surface area contributed by atoms with Crippen molar-refractivity contribution in [3.63, 3.8) is 0 Å². The number of aromatic nitrogens is 4. The molecule has 0 spiro atoms. The molecule has 8 nitrogen and oxygen atoms in total. The van der Waals surface area contributed by atoms with E-state index in [1.54, 1.807) is 23.1 Å². The lowest BCUT2D eigenvalue weighted by Gasteiger charge is -2.17. The topological polar surface area (TPSA) is 95.7 Å². The third-order valence-corrected chi connectivity index (χ3v) is 4.53. The second-order valence-corrected chi connectivity index (χ2v) is 6.20. The van der Waals surface area contributed by atoms with Gasteiger partial charge in [0.2, 0.25) is 0 Å². The minimum absolute atomic E-state index is 0.208. The Kier molecular flexibility index (Phi) is 4.11. The number of rotatable bonds is 4. The van der Waals surface area contributed by atoms with Crippen molar-refractivity contribution in [3.8, 4) is 11.3 Å². The number of likely N-dealkylation sites (tertiary alicyclic amines) is 1. The Labute approximate surface area is 148 Å². The van der Waals surface area contributed by atoms with E-state index in [1.807, 2.05) is 24.4 Å². The van der Waals surface area contributed by atoms with Crippen LogP contribution in [-0.4, -0.2) is 61.0 Å². The van der Waals surface area contributed by atoms with Crippen molar-refractivity contribution in [2.75, 3.05) is 18.5 Å². The van der Waals surface area contributed by atoms with Gasteiger partial charge in [-0.2, -0.15) is 5.10 Å². The fourth-order valence-electron chi connectivity index (χ4n) is 3.31. The van der Waals surface area contributed by atoms with Crippen LogP contribution in [0.25, 0.3) is 16.8 Å². The number of carboxylic acid groups (broad SMARTS) is 1. The molecule has 1 amide bonds. The van der Waals surface area contributed by atoms with Gasteiger partial charge in [-0.25, -0.2) is 18.7 Å². The molecule has 1 aliphatic heterocycles. The van der Waals surface area contributed by atoms with Crippen LogP contribution < -0.4 is 5.32 Å². The Morgan fingerprint density at radius 3 is 3.00 bits per heavy atom. The highest BCUT2D eigenvalue weighted by Gasteiger charge is 2.35. The van der Waals surface area contributed by atoms with Gasteiger partial charge in [-0.1, -0.05) is 6.07 Å². The molecule has 0 unspecified atom stereocenters. The molecule has 3 aromatic rings. The molecule has 4 heterocycles. The Morgan fingerprint density at radius 2 is 2.23 bits per heavy atom. The van der Waals surface area contributed by atoms with Crippen LogP contribution in [0.2, 0.25) is 0 Å². The zero-order chi connectivity index (χ0) is 18.1. The molecule has 0 bridgehead atoms. The lowest BCUT2D eigenvalue weighted by molar-refractivity contribution is 0.133. The van der Waals surface area contributed by atoms with Gasteiger partial charge < -0.3 is 15.3 Å². The fourth-order valence-corrected chi connectivity index (χ4v) is 3.31. The number of hydrogen-bond donors (Lipinski definition) is 2. The van der Waals surface area contributed by atoms with Gasteiger partial charge in [0.1, 0.15) is 12.5 Å². The predicted molar refractivity (Wildman–Crippen MR) is 92.7 cm³/mol. The van der Waals surface area contributed by atoms with Crippen LogP contribution in [0.15, 0.2) is 43.0 Å². The van der Waals surface area contributed by atoms with E-state index in [0.29, 0.717) is 17.9 Å². The van der Waals surface area contributed by atoms with Crippen molar-refractivity contribution < 1.29 is 14.3 Å². The predicted octanol–water partition coefficient (Wildman–Crippen LogP) is 2.29. The maximum absolute atomic E-state index is 13.0. The Morgan fingerprint density at radius 1 is 1.35 bits per heavy atom. The van der Waals surface area contributed by atoms with E-state index >= 15 is 0 Å². The average molecular weight is 356 g/mol. The second-order valence-electron chi connectivity index (χ2n) is 6.20. The first kappa shape index (κ1) is 16.2. The minimum Gasteiger partial charge on any atom is -0.465 e. The second kappa shape index (κ2) is 6.58. The van der Waals surface area contributed by atoms with Gasteiger partial charge in [0.15, 0.2) is 0 Å². The van der Waals surface area contributed by atoms with E-state index in [-0.39, 0.29) is 12.6 Å². The van der Waals surface area contributed by atoms with Crippen molar-refractivity contribution >= 4 is 17.4 Å². The quantitative estimate of drug-likeness (QED) is 0.745. The van der Waals surface area contributed by atoms with Crippen LogP contribution in [0, 0.1) is 0 Å². The van der Waals surface area contributed by atoms with Gasteiger partial charge in [-0.15, -0.1) is 0 Å². The van der Waals surface area contributed by atoms with E-state index < -0.39 is 18.8 Å². The third kappa shape index (κ3) is 2.92. The molecule has 2 N–H and O–H groups in total. The fraction of sp³-hybridized carbons (Fsp3) is 0.294. The Balaban J connectivity index is 1.56. The van der Waals surface area contributed by atoms with Gasteiger partial charge >= 0.3 is 6.09 Å². The first-order valence-corrected chi connectivity index (χ1v) is 8.22. The highest BCUT2D eigenvalue weighted by atomic mass is 19.1. The monoisotopic (exact) mass is 356 g/mol. The number of pyridine rings is 1. The molecule has 4 rings (SSSR count). The lowest BCUT2D eigenvalue weighted by Crippen LogP contribution is -2.36. The van der Waals surface area contributed by atoms with Crippen LogP contribution >= 0.6 is 0 Å². The van der Waals surface area contributed by atoms with E-state index in [1.165, 1.54) is 0 Å². The molecule has 1 fully saturated rings. The summed E-state index contributed by atoms with van der Waals surface area (Å²) in [6.07, 6.45) is 6.09. The molecule has 0 radical (unpaired) electrons. The SMILES string of the molecule is O=C(O)N1C[C@H](Nc2cncc(-c3cnn4ccccc34)n2)C[C@H]1CF. The summed E-state index contributed by atoms with van der Waals surface area (Å²) in [5.74, 6) is 0.521. The van der Waals surface area contributed by atoms with Gasteiger partial charge in [0.05, 0.1) is 35.8 Å². The molecular formula is C17H17FN6O2. The van der Waals surface area contributed by atoms with E-state index in [9.17, 15) is 9.18 Å². The lowest BCUT2D eigenvalue weighted by atomic mass is 10.2. The van der Waals surface area contributed by atoms with Crippen molar-refractivity contribution in [2.45, 2.75) is 18.5 Å². The van der Waals surface area contributed by atoms with Gasteiger partial charge in [-0.3, -0.25) is 4.98 Å². The molecular weight excluding hydrogens is 339 g/mol. The van der Waals surface area contributed by atoms with E-state index in [2.05, 4.69) is 20.4 Å². The third-order valence-electron chi connectivity index (χ3n) is 4.53. The number of halogens is 1. The summed E-state index contributed by atoms with van der Waals surface area (Å²) in [4.78, 5) is 21.1. The molecule has 9 heteroatoms. The highest BCUT2D eigenvalue weighted by molar-refractivity contribution is 5.77. The molecule has 0 aromatic carbocycles. The van der Waals surface area contributed by atoms with Crippen molar-refractivity contribution in [2.24, 2.45) is 0 Å². The normalized spacial score (nSPS) is 19.8. The summed E-state index contributed by atoms with van der Waals surface area (Å²) in [6.45, 7) is -0.481. The number of anilines is 1. The van der Waals surface area contributed by atoms with Crippen molar-refractivity contribution in [1.82, 2.24) is 24.5 Å². The van der Waals surface area contributed by atoms with Gasteiger partial charge in [-0.05, 0) is 18.6 Å². The van der Waals surface area contributed by atoms with E-state index in [0.717, 1.165) is 16.0 Å². The van der Waals surface area contributed by atoms with Crippen LogP contribution in [0.5, 0.6) is 0 Å². The molecule has 134 valence electrons. The van der Waals surface area contributed by atoms with Crippen molar-refractivity contribution in [1.29, 1.82) is 0 Å². The number of amides is 1. The highest BCUT2D eigenvalue weighted by Crippen LogP contribution is 2.25. The van der Waals surface area contributed by atoms with Crippen LogP contribution in [-0.2, 0) is 0 Å². The zero-order valence-corrected chi connectivity index (χ0v) is 13.8. The standard InChI is InChI=1S/C17H17FN6O2/c18-6-12-5-11(10-23(12)17(25)26)21-16-9-19-8-14(22-16)13-7-20-24-4-2-1-3-15(13)24/h1-4,7-9,11-12H,5-6,10H2,(H,21,22)(H,25,26)/t11-,12+/m1/s1. The van der Waals surface area contributed by atoms with Gasteiger partial charge in [0, 0.05) is 24.3 Å². The molecule has 0 aliphatic carbocycles. The van der Waals surface area contributed by atoms with Gasteiger partial charge in [0.25, 0.3) is 0 Å². The van der Waals surface area contributed by atoms with E-state index in [4.69, 9.17) is 5.11 Å². The number of nitrogens with one attached hydrogen (secondary N) is 1. The average Bonchev–Trinajstić information content (AvgIpc) is 3.26. The molecule has 3 aromatic heterocycles. The summed E-state index contributed by atoms with van der Waals surface area (Å²) < 4.78 is 14.8. The summed E-state index contributed by atoms with van der Waals surface area (Å²) in [5.41, 5.74) is 2.42. The maximum Gasteiger partial charge on any atom is 0.407 e. The molecule has 26 heavy (non-hydrogen) atoms. The summed E-state index contributed by atoms with van der Waals surface area (Å²) in [6, 6.07) is 4.92. The summed E-state index contributed by atoms with van der Waals surface area (Å²) in [7, 11) is 0. The number of fused-ring (bicyclic) bond motifs is 1. The molecule has 0 saturated carbocycles. The molecule has 1 saturated heterocycles. The summed E-state index contributed by atoms with van der Waals surface area (Å²) >= 11 is 0. The largest absolute Gasteiger partial charge is 0.465 e. The van der Waals surface area contributed by atoms with Crippen molar-refractivity contribution in [3.05, 3.63) is 43.0 Å². The molecule has 2 atom stereocenters. The molecule has 1 aliphatic rings. The summed E-state index contributed by atoms with van der Waals surface area (Å²) in [5, 5.41) is 16.6. The number of nitrogens with zero attached hydrogens (tertiary/aromatic N) is 5. The minimum atomic E-state index is -1.11. The zero-order valence-electron chi connectivity index (χ0n) is 13.8. The first-order chi connectivity index (χ1) is 12.7.